The number of anilines is 2. The lowest BCUT2D eigenvalue weighted by molar-refractivity contribution is -0.122. The second kappa shape index (κ2) is 8.97. The molecule has 1 aliphatic rings. The van der Waals surface area contributed by atoms with Gasteiger partial charge < -0.3 is 10.2 Å². The molecule has 1 heterocycles. The zero-order valence-electron chi connectivity index (χ0n) is 18.2. The highest BCUT2D eigenvalue weighted by Gasteiger charge is 2.31. The molecule has 3 aromatic carbocycles. The average molecular weight is 446 g/mol. The molecular formula is C26H24ClN3O2. The molecule has 0 saturated heterocycles. The van der Waals surface area contributed by atoms with Crippen LogP contribution < -0.4 is 10.2 Å². The first kappa shape index (κ1) is 21.8. The third kappa shape index (κ3) is 4.43. The number of halogens is 1. The highest BCUT2D eigenvalue weighted by atomic mass is 35.5. The van der Waals surface area contributed by atoms with Crippen LogP contribution in [-0.2, 0) is 9.59 Å². The van der Waals surface area contributed by atoms with Gasteiger partial charge in [-0.15, -0.1) is 0 Å². The molecule has 3 aromatic rings. The van der Waals surface area contributed by atoms with E-state index in [0.29, 0.717) is 22.1 Å². The standard InChI is InChI=1S/C26H24ClN3O2/c1-16-9-11-21(13-17(16)2)29-24(31)15-30-23-12-10-20(27)14-22(23)25(28-18(3)26(30)32)19-7-5-4-6-8-19/h4-14,18H,15H2,1-3H3,(H,29,31). The molecule has 5 nitrogen and oxygen atoms in total. The number of nitrogens with zero attached hydrogens (tertiary/aromatic N) is 2. The van der Waals surface area contributed by atoms with Gasteiger partial charge in [-0.2, -0.15) is 0 Å². The number of hydrogen-bond acceptors (Lipinski definition) is 3. The summed E-state index contributed by atoms with van der Waals surface area (Å²) in [6.07, 6.45) is 0. The summed E-state index contributed by atoms with van der Waals surface area (Å²) in [6, 6.07) is 20.1. The summed E-state index contributed by atoms with van der Waals surface area (Å²) in [4.78, 5) is 32.4. The van der Waals surface area contributed by atoms with Gasteiger partial charge in [0.05, 0.1) is 11.4 Å². The molecule has 1 atom stereocenters. The van der Waals surface area contributed by atoms with Gasteiger partial charge in [0.25, 0.3) is 5.91 Å². The maximum Gasteiger partial charge on any atom is 0.252 e. The Morgan fingerprint density at radius 1 is 1.03 bits per heavy atom. The molecular weight excluding hydrogens is 422 g/mol. The summed E-state index contributed by atoms with van der Waals surface area (Å²) >= 11 is 6.31. The average Bonchev–Trinajstić information content (AvgIpc) is 2.87. The number of benzodiazepines with no additional fused rings is 1. The molecule has 2 amide bonds. The van der Waals surface area contributed by atoms with Crippen LogP contribution in [0.2, 0.25) is 5.02 Å². The molecule has 6 heteroatoms. The first-order chi connectivity index (χ1) is 15.3. The predicted octanol–water partition coefficient (Wildman–Crippen LogP) is 5.17. The lowest BCUT2D eigenvalue weighted by Crippen LogP contribution is -2.42. The van der Waals surface area contributed by atoms with Crippen molar-refractivity contribution in [1.82, 2.24) is 0 Å². The van der Waals surface area contributed by atoms with Crippen molar-refractivity contribution in [3.8, 4) is 0 Å². The Bertz CT molecular complexity index is 1220. The molecule has 4 rings (SSSR count). The highest BCUT2D eigenvalue weighted by molar-refractivity contribution is 6.32. The van der Waals surface area contributed by atoms with Crippen molar-refractivity contribution in [3.05, 3.63) is 94.0 Å². The van der Waals surface area contributed by atoms with Crippen molar-refractivity contribution in [3.63, 3.8) is 0 Å². The normalized spacial score (nSPS) is 15.6. The number of hydrogen-bond donors (Lipinski definition) is 1. The van der Waals surface area contributed by atoms with Crippen molar-refractivity contribution < 1.29 is 9.59 Å². The van der Waals surface area contributed by atoms with Gasteiger partial charge in [0, 0.05) is 21.8 Å². The van der Waals surface area contributed by atoms with E-state index in [1.165, 1.54) is 4.90 Å². The third-order valence-corrected chi connectivity index (χ3v) is 5.83. The molecule has 0 aliphatic carbocycles. The summed E-state index contributed by atoms with van der Waals surface area (Å²) in [6.45, 7) is 5.63. The summed E-state index contributed by atoms with van der Waals surface area (Å²) in [5, 5.41) is 3.44. The fourth-order valence-corrected chi connectivity index (χ4v) is 3.92. The Balaban J connectivity index is 1.70. The fourth-order valence-electron chi connectivity index (χ4n) is 3.75. The van der Waals surface area contributed by atoms with E-state index in [4.69, 9.17) is 16.6 Å². The van der Waals surface area contributed by atoms with E-state index in [1.54, 1.807) is 25.1 Å². The SMILES string of the molecule is Cc1ccc(NC(=O)CN2C(=O)C(C)N=C(c3ccccc3)c3cc(Cl)ccc32)cc1C. The van der Waals surface area contributed by atoms with Crippen LogP contribution in [0, 0.1) is 13.8 Å². The molecule has 0 aromatic heterocycles. The maximum atomic E-state index is 13.3. The summed E-state index contributed by atoms with van der Waals surface area (Å²) in [7, 11) is 0. The number of fused-ring (bicyclic) bond motifs is 1. The minimum Gasteiger partial charge on any atom is -0.325 e. The Morgan fingerprint density at radius 2 is 1.78 bits per heavy atom. The number of nitrogens with one attached hydrogen (secondary N) is 1. The first-order valence-corrected chi connectivity index (χ1v) is 10.8. The van der Waals surface area contributed by atoms with Gasteiger partial charge in [-0.1, -0.05) is 48.0 Å². The number of aryl methyl sites for hydroxylation is 2. The topological polar surface area (TPSA) is 61.8 Å². The first-order valence-electron chi connectivity index (χ1n) is 10.4. The smallest absolute Gasteiger partial charge is 0.252 e. The molecule has 32 heavy (non-hydrogen) atoms. The van der Waals surface area contributed by atoms with Crippen molar-refractivity contribution in [2.45, 2.75) is 26.8 Å². The largest absolute Gasteiger partial charge is 0.325 e. The van der Waals surface area contributed by atoms with Crippen LogP contribution in [0.15, 0.2) is 71.7 Å². The number of amides is 2. The molecule has 0 bridgehead atoms. The van der Waals surface area contributed by atoms with Crippen LogP contribution in [0.5, 0.6) is 0 Å². The quantitative estimate of drug-likeness (QED) is 0.602. The van der Waals surface area contributed by atoms with Crippen LogP contribution in [0.1, 0.15) is 29.2 Å². The second-order valence-electron chi connectivity index (χ2n) is 7.95. The van der Waals surface area contributed by atoms with Gasteiger partial charge in [-0.05, 0) is 62.2 Å². The maximum absolute atomic E-state index is 13.3. The van der Waals surface area contributed by atoms with Gasteiger partial charge in [0.15, 0.2) is 0 Å². The van der Waals surface area contributed by atoms with E-state index in [1.807, 2.05) is 62.4 Å². The van der Waals surface area contributed by atoms with Crippen molar-refractivity contribution in [2.75, 3.05) is 16.8 Å². The van der Waals surface area contributed by atoms with Gasteiger partial charge in [0.1, 0.15) is 12.6 Å². The van der Waals surface area contributed by atoms with E-state index < -0.39 is 6.04 Å². The Morgan fingerprint density at radius 3 is 2.50 bits per heavy atom. The van der Waals surface area contributed by atoms with E-state index in [2.05, 4.69) is 5.32 Å². The van der Waals surface area contributed by atoms with Crippen molar-refractivity contribution in [2.24, 2.45) is 4.99 Å². The monoisotopic (exact) mass is 445 g/mol. The van der Waals surface area contributed by atoms with E-state index in [9.17, 15) is 9.59 Å². The molecule has 0 saturated carbocycles. The molecule has 162 valence electrons. The van der Waals surface area contributed by atoms with Crippen LogP contribution in [0.4, 0.5) is 11.4 Å². The highest BCUT2D eigenvalue weighted by Crippen LogP contribution is 2.31. The number of carbonyl (C=O) groups excluding carboxylic acids is 2. The minimum absolute atomic E-state index is 0.123. The molecule has 0 spiro atoms. The van der Waals surface area contributed by atoms with Crippen LogP contribution >= 0.6 is 11.6 Å². The second-order valence-corrected chi connectivity index (χ2v) is 8.39. The zero-order valence-corrected chi connectivity index (χ0v) is 19.0. The number of rotatable bonds is 4. The third-order valence-electron chi connectivity index (χ3n) is 5.59. The fraction of sp³-hybridized carbons (Fsp3) is 0.192. The van der Waals surface area contributed by atoms with Crippen molar-refractivity contribution in [1.29, 1.82) is 0 Å². The Hall–Kier alpha value is -3.44. The molecule has 1 unspecified atom stereocenters. The van der Waals surface area contributed by atoms with Crippen LogP contribution in [0.3, 0.4) is 0 Å². The van der Waals surface area contributed by atoms with Gasteiger partial charge >= 0.3 is 0 Å². The van der Waals surface area contributed by atoms with Crippen LogP contribution in [0.25, 0.3) is 0 Å². The predicted molar refractivity (Wildman–Crippen MR) is 130 cm³/mol. The molecule has 0 fully saturated rings. The van der Waals surface area contributed by atoms with Gasteiger partial charge in [-0.25, -0.2) is 0 Å². The lowest BCUT2D eigenvalue weighted by atomic mass is 10.00. The number of aliphatic imine (C=N–C) groups is 1. The molecule has 1 N–H and O–H groups in total. The zero-order chi connectivity index (χ0) is 22.8. The van der Waals surface area contributed by atoms with Gasteiger partial charge in [-0.3, -0.25) is 14.6 Å². The van der Waals surface area contributed by atoms with E-state index >= 15 is 0 Å². The molecule has 1 aliphatic heterocycles. The number of benzene rings is 3. The molecule has 0 radical (unpaired) electrons. The number of carbonyl (C=O) groups is 2. The summed E-state index contributed by atoms with van der Waals surface area (Å²) in [5.74, 6) is -0.521. The van der Waals surface area contributed by atoms with E-state index in [-0.39, 0.29) is 18.4 Å². The van der Waals surface area contributed by atoms with Crippen molar-refractivity contribution >= 4 is 40.5 Å². The minimum atomic E-state index is -0.647. The Kier molecular flexibility index (Phi) is 6.10. The summed E-state index contributed by atoms with van der Waals surface area (Å²) < 4.78 is 0. The van der Waals surface area contributed by atoms with Crippen LogP contribution in [-0.4, -0.2) is 30.1 Å². The van der Waals surface area contributed by atoms with Gasteiger partial charge in [0.2, 0.25) is 5.91 Å². The lowest BCUT2D eigenvalue weighted by Gasteiger charge is -2.24. The van der Waals surface area contributed by atoms with E-state index in [0.717, 1.165) is 22.3 Å². The summed E-state index contributed by atoms with van der Waals surface area (Å²) in [5.41, 5.74) is 5.84. The Labute approximate surface area is 192 Å².